The molecule has 94 valence electrons. The zero-order valence-electron chi connectivity index (χ0n) is 9.96. The van der Waals surface area contributed by atoms with Crippen LogP contribution >= 0.6 is 34.2 Å². The largest absolute Gasteiger partial charge is 1.00 e. The summed E-state index contributed by atoms with van der Waals surface area (Å²) in [7, 11) is 4.29. The number of quaternary nitrogens is 1. The van der Waals surface area contributed by atoms with Crippen LogP contribution in [0.25, 0.3) is 0 Å². The SMILES string of the molecule is C#CC(I)[N+](C)(C)CCc1ccccc1Cl.[Cl-]. The molecule has 0 saturated carbocycles. The molecule has 0 N–H and O–H groups in total. The van der Waals surface area contributed by atoms with Gasteiger partial charge in [0.05, 0.1) is 20.6 Å². The quantitative estimate of drug-likeness (QED) is 0.231. The first-order chi connectivity index (χ1) is 7.47. The highest BCUT2D eigenvalue weighted by Gasteiger charge is 2.23. The summed E-state index contributed by atoms with van der Waals surface area (Å²) in [6, 6.07) is 7.97. The molecule has 1 atom stereocenters. The number of nitrogens with zero attached hydrogens (tertiary/aromatic N) is 1. The normalized spacial score (nSPS) is 12.4. The third-order valence-corrected chi connectivity index (χ3v) is 4.90. The first-order valence-corrected chi connectivity index (χ1v) is 6.76. The maximum Gasteiger partial charge on any atom is 0.200 e. The van der Waals surface area contributed by atoms with Crippen LogP contribution in [0, 0.1) is 12.3 Å². The lowest BCUT2D eigenvalue weighted by Gasteiger charge is -2.32. The van der Waals surface area contributed by atoms with Gasteiger partial charge in [-0.3, -0.25) is 0 Å². The van der Waals surface area contributed by atoms with Crippen molar-refractivity contribution in [2.24, 2.45) is 0 Å². The number of terminal acetylenes is 1. The molecular formula is C13H16Cl2IN. The van der Waals surface area contributed by atoms with Gasteiger partial charge in [-0.25, -0.2) is 0 Å². The van der Waals surface area contributed by atoms with Crippen molar-refractivity contribution in [2.45, 2.75) is 10.5 Å². The molecule has 4 heteroatoms. The van der Waals surface area contributed by atoms with Gasteiger partial charge in [-0.15, -0.1) is 6.42 Å². The van der Waals surface area contributed by atoms with E-state index in [2.05, 4.69) is 48.7 Å². The molecule has 0 aliphatic heterocycles. The molecule has 1 aromatic rings. The number of hydrogen-bond donors (Lipinski definition) is 0. The van der Waals surface area contributed by atoms with Crippen LogP contribution in [0.1, 0.15) is 5.56 Å². The minimum atomic E-state index is 0. The maximum atomic E-state index is 6.12. The molecule has 1 rings (SSSR count). The summed E-state index contributed by atoms with van der Waals surface area (Å²) in [5, 5.41) is 0.841. The molecule has 0 saturated heterocycles. The van der Waals surface area contributed by atoms with Crippen molar-refractivity contribution in [1.82, 2.24) is 0 Å². The van der Waals surface area contributed by atoms with Gasteiger partial charge in [-0.1, -0.05) is 29.8 Å². The number of rotatable bonds is 4. The van der Waals surface area contributed by atoms with Crippen LogP contribution in [0.3, 0.4) is 0 Å². The smallest absolute Gasteiger partial charge is 0.200 e. The number of hydrogen-bond acceptors (Lipinski definition) is 0. The molecule has 0 bridgehead atoms. The zero-order valence-corrected chi connectivity index (χ0v) is 13.6. The van der Waals surface area contributed by atoms with E-state index in [0.29, 0.717) is 0 Å². The first-order valence-electron chi connectivity index (χ1n) is 5.13. The topological polar surface area (TPSA) is 0 Å². The monoisotopic (exact) mass is 383 g/mol. The van der Waals surface area contributed by atoms with Gasteiger partial charge < -0.3 is 16.9 Å². The van der Waals surface area contributed by atoms with Gasteiger partial charge in [0.15, 0.2) is 4.05 Å². The minimum absolute atomic E-state index is 0. The third-order valence-electron chi connectivity index (χ3n) is 2.67. The van der Waals surface area contributed by atoms with E-state index in [1.165, 1.54) is 5.56 Å². The van der Waals surface area contributed by atoms with E-state index < -0.39 is 0 Å². The predicted molar refractivity (Wildman–Crippen MR) is 78.8 cm³/mol. The van der Waals surface area contributed by atoms with Crippen molar-refractivity contribution < 1.29 is 16.9 Å². The van der Waals surface area contributed by atoms with E-state index >= 15 is 0 Å². The number of likely N-dealkylation sites (N-methyl/N-ethyl adjacent to an activating group) is 1. The molecule has 1 unspecified atom stereocenters. The van der Waals surface area contributed by atoms with E-state index in [1.54, 1.807) is 0 Å². The van der Waals surface area contributed by atoms with E-state index in [9.17, 15) is 0 Å². The number of halogens is 3. The van der Waals surface area contributed by atoms with E-state index in [1.807, 2.05) is 18.2 Å². The molecule has 0 spiro atoms. The second-order valence-corrected chi connectivity index (χ2v) is 5.93. The van der Waals surface area contributed by atoms with Gasteiger partial charge in [0.1, 0.15) is 0 Å². The fraction of sp³-hybridized carbons (Fsp3) is 0.385. The minimum Gasteiger partial charge on any atom is -1.00 e. The number of alkyl halides is 1. The lowest BCUT2D eigenvalue weighted by molar-refractivity contribution is -0.888. The van der Waals surface area contributed by atoms with Crippen molar-refractivity contribution >= 4 is 34.2 Å². The van der Waals surface area contributed by atoms with Crippen LogP contribution in [0.4, 0.5) is 0 Å². The molecule has 0 heterocycles. The van der Waals surface area contributed by atoms with Gasteiger partial charge in [0.25, 0.3) is 0 Å². The summed E-state index contributed by atoms with van der Waals surface area (Å²) in [6.07, 6.45) is 6.41. The summed E-state index contributed by atoms with van der Waals surface area (Å²) >= 11 is 8.42. The zero-order chi connectivity index (χ0) is 12.2. The van der Waals surface area contributed by atoms with Crippen molar-refractivity contribution in [1.29, 1.82) is 0 Å². The Hall–Kier alpha value is 0.0500. The molecule has 0 radical (unpaired) electrons. The van der Waals surface area contributed by atoms with E-state index in [-0.39, 0.29) is 16.5 Å². The summed E-state index contributed by atoms with van der Waals surface area (Å²) in [5.74, 6) is 2.78. The first kappa shape index (κ1) is 17.1. The second kappa shape index (κ2) is 7.48. The Morgan fingerprint density at radius 3 is 2.53 bits per heavy atom. The summed E-state index contributed by atoms with van der Waals surface area (Å²) < 4.78 is 1.00. The van der Waals surface area contributed by atoms with Crippen LogP contribution in [-0.4, -0.2) is 29.2 Å². The third kappa shape index (κ3) is 5.05. The van der Waals surface area contributed by atoms with Crippen LogP contribution in [0.15, 0.2) is 24.3 Å². The molecule has 0 aliphatic rings. The molecular weight excluding hydrogens is 368 g/mol. The highest BCUT2D eigenvalue weighted by Crippen LogP contribution is 2.19. The molecule has 0 fully saturated rings. The summed E-state index contributed by atoms with van der Waals surface area (Å²) in [4.78, 5) is 0. The Kier molecular flexibility index (Phi) is 7.50. The van der Waals surface area contributed by atoms with Crippen molar-refractivity contribution in [2.75, 3.05) is 20.6 Å². The molecule has 0 amide bonds. The van der Waals surface area contributed by atoms with Crippen molar-refractivity contribution in [3.05, 3.63) is 34.9 Å². The Balaban J connectivity index is 0.00000256. The number of benzene rings is 1. The van der Waals surface area contributed by atoms with E-state index in [0.717, 1.165) is 22.5 Å². The highest BCUT2D eigenvalue weighted by atomic mass is 127. The molecule has 1 nitrogen and oxygen atoms in total. The summed E-state index contributed by atoms with van der Waals surface area (Å²) in [5.41, 5.74) is 1.19. The highest BCUT2D eigenvalue weighted by molar-refractivity contribution is 14.1. The van der Waals surface area contributed by atoms with E-state index in [4.69, 9.17) is 18.0 Å². The average Bonchev–Trinajstić information content (AvgIpc) is 2.27. The van der Waals surface area contributed by atoms with Crippen LogP contribution in [0.5, 0.6) is 0 Å². The second-order valence-electron chi connectivity index (χ2n) is 4.35. The Labute approximate surface area is 129 Å². The Bertz CT molecular complexity index is 399. The molecule has 17 heavy (non-hydrogen) atoms. The van der Waals surface area contributed by atoms with Gasteiger partial charge in [0, 0.05) is 34.0 Å². The average molecular weight is 384 g/mol. The van der Waals surface area contributed by atoms with Gasteiger partial charge in [-0.2, -0.15) is 0 Å². The van der Waals surface area contributed by atoms with Crippen LogP contribution in [0.2, 0.25) is 5.02 Å². The molecule has 0 aliphatic carbocycles. The molecule has 1 aromatic carbocycles. The lowest BCUT2D eigenvalue weighted by atomic mass is 10.1. The summed E-state index contributed by atoms with van der Waals surface area (Å²) in [6.45, 7) is 0.988. The predicted octanol–water partition coefficient (Wildman–Crippen LogP) is 0.357. The van der Waals surface area contributed by atoms with Gasteiger partial charge >= 0.3 is 0 Å². The van der Waals surface area contributed by atoms with Gasteiger partial charge in [-0.05, 0) is 17.6 Å². The van der Waals surface area contributed by atoms with Gasteiger partial charge in [0.2, 0.25) is 0 Å². The van der Waals surface area contributed by atoms with Crippen LogP contribution < -0.4 is 12.4 Å². The standard InChI is InChI=1S/C13H16ClIN.ClH/c1-4-13(15)16(2,3)10-9-11-7-5-6-8-12(11)14;/h1,5-8,13H,9-10H2,2-3H3;1H/q+1;/p-1. The lowest BCUT2D eigenvalue weighted by Crippen LogP contribution is -3.00. The van der Waals surface area contributed by atoms with Crippen molar-refractivity contribution in [3.8, 4) is 12.3 Å². The molecule has 0 aromatic heterocycles. The maximum absolute atomic E-state index is 6.12. The Morgan fingerprint density at radius 2 is 2.00 bits per heavy atom. The fourth-order valence-corrected chi connectivity index (χ4v) is 1.93. The Morgan fingerprint density at radius 1 is 1.41 bits per heavy atom. The van der Waals surface area contributed by atoms with Crippen LogP contribution in [-0.2, 0) is 6.42 Å². The van der Waals surface area contributed by atoms with Crippen molar-refractivity contribution in [3.63, 3.8) is 0 Å². The fourth-order valence-electron chi connectivity index (χ4n) is 1.42.